The molecule has 0 bridgehead atoms. The number of carbonyl (C=O) groups excluding carboxylic acids is 2. The summed E-state index contributed by atoms with van der Waals surface area (Å²) in [7, 11) is 0. The van der Waals surface area contributed by atoms with Gasteiger partial charge in [0, 0.05) is 0 Å². The molecule has 0 saturated heterocycles. The summed E-state index contributed by atoms with van der Waals surface area (Å²) in [5.41, 5.74) is 0.755. The standard InChI is InChI=1S/C14H15NO5/c1-2-11(14(18)19)20-8-7-15-12(16)9-5-3-4-6-10(9)13(15)17/h3-6,11H,2,7-8H2,1H3,(H,18,19). The van der Waals surface area contributed by atoms with Crippen molar-refractivity contribution < 1.29 is 24.2 Å². The predicted octanol–water partition coefficient (Wildman–Crippen LogP) is 1.16. The van der Waals surface area contributed by atoms with Gasteiger partial charge in [-0.05, 0) is 18.6 Å². The molecule has 1 atom stereocenters. The Morgan fingerprint density at radius 3 is 2.25 bits per heavy atom. The summed E-state index contributed by atoms with van der Waals surface area (Å²) >= 11 is 0. The lowest BCUT2D eigenvalue weighted by Crippen LogP contribution is -2.35. The average molecular weight is 277 g/mol. The van der Waals surface area contributed by atoms with Crippen LogP contribution >= 0.6 is 0 Å². The minimum absolute atomic E-state index is 0.0102. The van der Waals surface area contributed by atoms with Crippen LogP contribution in [-0.4, -0.2) is 47.0 Å². The Morgan fingerprint density at radius 1 is 1.25 bits per heavy atom. The molecule has 0 aliphatic carbocycles. The van der Waals surface area contributed by atoms with Crippen molar-refractivity contribution in [1.82, 2.24) is 4.90 Å². The van der Waals surface area contributed by atoms with Gasteiger partial charge in [0.1, 0.15) is 0 Å². The van der Waals surface area contributed by atoms with Crippen molar-refractivity contribution in [2.24, 2.45) is 0 Å². The maximum Gasteiger partial charge on any atom is 0.332 e. The zero-order chi connectivity index (χ0) is 14.7. The van der Waals surface area contributed by atoms with Gasteiger partial charge in [0.25, 0.3) is 11.8 Å². The van der Waals surface area contributed by atoms with E-state index in [9.17, 15) is 14.4 Å². The summed E-state index contributed by atoms with van der Waals surface area (Å²) in [5, 5.41) is 8.84. The van der Waals surface area contributed by atoms with Crippen LogP contribution < -0.4 is 0 Å². The number of carboxylic acids is 1. The molecule has 0 radical (unpaired) electrons. The zero-order valence-electron chi connectivity index (χ0n) is 11.0. The van der Waals surface area contributed by atoms with Gasteiger partial charge in [0.15, 0.2) is 6.10 Å². The third-order valence-electron chi connectivity index (χ3n) is 3.16. The molecule has 0 spiro atoms. The van der Waals surface area contributed by atoms with E-state index in [0.717, 1.165) is 4.90 Å². The van der Waals surface area contributed by atoms with E-state index in [1.54, 1.807) is 31.2 Å². The average Bonchev–Trinajstić information content (AvgIpc) is 2.68. The Bertz CT molecular complexity index is 519. The van der Waals surface area contributed by atoms with Crippen LogP contribution in [0.5, 0.6) is 0 Å². The van der Waals surface area contributed by atoms with Crippen LogP contribution in [0.4, 0.5) is 0 Å². The maximum atomic E-state index is 12.0. The Balaban J connectivity index is 1.98. The molecule has 1 aliphatic rings. The molecule has 0 fully saturated rings. The minimum atomic E-state index is -1.05. The highest BCUT2D eigenvalue weighted by Gasteiger charge is 2.34. The molecule has 1 unspecified atom stereocenters. The van der Waals surface area contributed by atoms with Gasteiger partial charge < -0.3 is 9.84 Å². The molecular weight excluding hydrogens is 262 g/mol. The van der Waals surface area contributed by atoms with Crippen LogP contribution in [0.2, 0.25) is 0 Å². The number of carboxylic acid groups (broad SMARTS) is 1. The molecule has 0 saturated carbocycles. The third-order valence-corrected chi connectivity index (χ3v) is 3.16. The number of ether oxygens (including phenoxy) is 1. The number of carbonyl (C=O) groups is 3. The molecule has 1 aromatic carbocycles. The molecule has 6 heteroatoms. The van der Waals surface area contributed by atoms with Crippen LogP contribution in [0, 0.1) is 0 Å². The number of nitrogens with zero attached hydrogens (tertiary/aromatic N) is 1. The first-order valence-electron chi connectivity index (χ1n) is 6.36. The number of aliphatic carboxylic acids is 1. The second-order valence-electron chi connectivity index (χ2n) is 4.41. The van der Waals surface area contributed by atoms with Crippen LogP contribution in [0.15, 0.2) is 24.3 Å². The summed E-state index contributed by atoms with van der Waals surface area (Å²) < 4.78 is 5.16. The third kappa shape index (κ3) is 2.55. The van der Waals surface area contributed by atoms with Crippen molar-refractivity contribution >= 4 is 17.8 Å². The number of imide groups is 1. The van der Waals surface area contributed by atoms with Crippen molar-refractivity contribution in [2.45, 2.75) is 19.4 Å². The number of fused-ring (bicyclic) bond motifs is 1. The molecule has 1 aliphatic heterocycles. The normalized spacial score (nSPS) is 15.3. The second-order valence-corrected chi connectivity index (χ2v) is 4.41. The monoisotopic (exact) mass is 277 g/mol. The van der Waals surface area contributed by atoms with Crippen LogP contribution in [-0.2, 0) is 9.53 Å². The molecule has 20 heavy (non-hydrogen) atoms. The molecule has 2 rings (SSSR count). The van der Waals surface area contributed by atoms with Crippen LogP contribution in [0.1, 0.15) is 34.1 Å². The zero-order valence-corrected chi connectivity index (χ0v) is 11.0. The van der Waals surface area contributed by atoms with Gasteiger partial charge in [-0.3, -0.25) is 14.5 Å². The highest BCUT2D eigenvalue weighted by molar-refractivity contribution is 6.21. The molecular formula is C14H15NO5. The van der Waals surface area contributed by atoms with Gasteiger partial charge >= 0.3 is 5.97 Å². The first kappa shape index (κ1) is 14.2. The fourth-order valence-electron chi connectivity index (χ4n) is 2.09. The van der Waals surface area contributed by atoms with Crippen LogP contribution in [0.3, 0.4) is 0 Å². The lowest BCUT2D eigenvalue weighted by atomic mass is 10.1. The van der Waals surface area contributed by atoms with Crippen molar-refractivity contribution in [3.05, 3.63) is 35.4 Å². The van der Waals surface area contributed by atoms with Crippen molar-refractivity contribution in [3.8, 4) is 0 Å². The summed E-state index contributed by atoms with van der Waals surface area (Å²) in [6, 6.07) is 6.59. The smallest absolute Gasteiger partial charge is 0.332 e. The van der Waals surface area contributed by atoms with Crippen molar-refractivity contribution in [2.75, 3.05) is 13.2 Å². The van der Waals surface area contributed by atoms with Crippen molar-refractivity contribution in [1.29, 1.82) is 0 Å². The van der Waals surface area contributed by atoms with E-state index in [2.05, 4.69) is 0 Å². The van der Waals surface area contributed by atoms with E-state index in [-0.39, 0.29) is 25.0 Å². The largest absolute Gasteiger partial charge is 0.479 e. The van der Waals surface area contributed by atoms with Crippen LogP contribution in [0.25, 0.3) is 0 Å². The Hall–Kier alpha value is -2.21. The quantitative estimate of drug-likeness (QED) is 0.789. The fourth-order valence-corrected chi connectivity index (χ4v) is 2.09. The number of rotatable bonds is 6. The summed E-state index contributed by atoms with van der Waals surface area (Å²) in [4.78, 5) is 35.9. The van der Waals surface area contributed by atoms with Gasteiger partial charge in [-0.1, -0.05) is 19.1 Å². The molecule has 106 valence electrons. The van der Waals surface area contributed by atoms with E-state index in [1.807, 2.05) is 0 Å². The molecule has 6 nitrogen and oxygen atoms in total. The summed E-state index contributed by atoms with van der Waals surface area (Å²) in [6.07, 6.45) is -0.581. The highest BCUT2D eigenvalue weighted by atomic mass is 16.5. The lowest BCUT2D eigenvalue weighted by molar-refractivity contribution is -0.150. The number of amides is 2. The number of benzene rings is 1. The van der Waals surface area contributed by atoms with Gasteiger partial charge in [0.2, 0.25) is 0 Å². The molecule has 1 aromatic rings. The topological polar surface area (TPSA) is 83.9 Å². The minimum Gasteiger partial charge on any atom is -0.479 e. The molecule has 1 N–H and O–H groups in total. The van der Waals surface area contributed by atoms with Gasteiger partial charge in [-0.15, -0.1) is 0 Å². The van der Waals surface area contributed by atoms with Gasteiger partial charge in [-0.25, -0.2) is 4.79 Å². The fraction of sp³-hybridized carbons (Fsp3) is 0.357. The lowest BCUT2D eigenvalue weighted by Gasteiger charge is -2.16. The van der Waals surface area contributed by atoms with E-state index in [4.69, 9.17) is 9.84 Å². The van der Waals surface area contributed by atoms with Crippen molar-refractivity contribution in [3.63, 3.8) is 0 Å². The Labute approximate surface area is 115 Å². The number of hydrogen-bond acceptors (Lipinski definition) is 4. The van der Waals surface area contributed by atoms with E-state index < -0.39 is 12.1 Å². The van der Waals surface area contributed by atoms with E-state index in [0.29, 0.717) is 17.5 Å². The van der Waals surface area contributed by atoms with Gasteiger partial charge in [0.05, 0.1) is 24.3 Å². The summed E-state index contributed by atoms with van der Waals surface area (Å²) in [5.74, 6) is -1.77. The second kappa shape index (κ2) is 5.83. The molecule has 1 heterocycles. The number of hydrogen-bond donors (Lipinski definition) is 1. The SMILES string of the molecule is CCC(OCCN1C(=O)c2ccccc2C1=O)C(=O)O. The van der Waals surface area contributed by atoms with E-state index in [1.165, 1.54) is 0 Å². The highest BCUT2D eigenvalue weighted by Crippen LogP contribution is 2.21. The first-order valence-corrected chi connectivity index (χ1v) is 6.36. The maximum absolute atomic E-state index is 12.0. The Kier molecular flexibility index (Phi) is 4.14. The predicted molar refractivity (Wildman–Crippen MR) is 69.5 cm³/mol. The first-order chi connectivity index (χ1) is 9.56. The van der Waals surface area contributed by atoms with E-state index >= 15 is 0 Å². The van der Waals surface area contributed by atoms with Gasteiger partial charge in [-0.2, -0.15) is 0 Å². The molecule has 0 aromatic heterocycles. The molecule has 2 amide bonds. The summed E-state index contributed by atoms with van der Waals surface area (Å²) in [6.45, 7) is 1.76. The Morgan fingerprint density at radius 2 is 1.80 bits per heavy atom.